The Hall–Kier alpha value is -1.92. The van der Waals surface area contributed by atoms with Crippen LogP contribution in [0, 0.1) is 6.92 Å². The zero-order valence-electron chi connectivity index (χ0n) is 14.6. The standard InChI is InChI=1S/C21H24NOP/c1-16(2)24(23,15-13-20-17(3)8-7-14-22-20)21-12-6-10-18-9-4-5-11-19(18)21/h4-12,14,16H,13,15H2,1-3H3/t24-/m0/s1. The van der Waals surface area contributed by atoms with Gasteiger partial charge in [0.05, 0.1) is 0 Å². The number of fused-ring (bicyclic) bond motifs is 1. The van der Waals surface area contributed by atoms with E-state index in [1.54, 1.807) is 0 Å². The second-order valence-electron chi connectivity index (χ2n) is 6.63. The molecule has 0 saturated heterocycles. The number of hydrogen-bond acceptors (Lipinski definition) is 2. The molecule has 0 spiro atoms. The maximum atomic E-state index is 14.0. The van der Waals surface area contributed by atoms with Crippen molar-refractivity contribution in [3.63, 3.8) is 0 Å². The molecule has 0 amide bonds. The Morgan fingerprint density at radius 3 is 2.50 bits per heavy atom. The molecule has 0 unspecified atom stereocenters. The summed E-state index contributed by atoms with van der Waals surface area (Å²) in [5, 5.41) is 3.30. The van der Waals surface area contributed by atoms with Crippen LogP contribution in [-0.2, 0) is 11.0 Å². The van der Waals surface area contributed by atoms with E-state index in [0.717, 1.165) is 28.2 Å². The Bertz CT molecular complexity index is 896. The van der Waals surface area contributed by atoms with Gasteiger partial charge >= 0.3 is 0 Å². The lowest BCUT2D eigenvalue weighted by molar-refractivity contribution is 0.574. The van der Waals surface area contributed by atoms with Gasteiger partial charge in [0, 0.05) is 29.0 Å². The second-order valence-corrected chi connectivity index (χ2v) is 10.2. The molecule has 0 N–H and O–H groups in total. The predicted octanol–water partition coefficient (Wildman–Crippen LogP) is 5.18. The SMILES string of the molecule is Cc1cccnc1CC[P@@](=O)(c1cccc2ccccc12)C(C)C. The van der Waals surface area contributed by atoms with Crippen LogP contribution in [0.25, 0.3) is 10.8 Å². The third kappa shape index (κ3) is 3.16. The first-order chi connectivity index (χ1) is 11.5. The molecule has 0 radical (unpaired) electrons. The van der Waals surface area contributed by atoms with E-state index < -0.39 is 7.14 Å². The van der Waals surface area contributed by atoms with Crippen molar-refractivity contribution < 1.29 is 4.57 Å². The lowest BCUT2D eigenvalue weighted by atomic mass is 10.1. The third-order valence-electron chi connectivity index (χ3n) is 4.81. The summed E-state index contributed by atoms with van der Waals surface area (Å²) >= 11 is 0. The van der Waals surface area contributed by atoms with E-state index in [0.29, 0.717) is 6.16 Å². The summed E-state index contributed by atoms with van der Waals surface area (Å²) < 4.78 is 14.0. The first-order valence-electron chi connectivity index (χ1n) is 8.50. The lowest BCUT2D eigenvalue weighted by Crippen LogP contribution is -2.18. The van der Waals surface area contributed by atoms with Crippen LogP contribution in [0.2, 0.25) is 0 Å². The summed E-state index contributed by atoms with van der Waals surface area (Å²) in [5.74, 6) is 0. The minimum atomic E-state index is -2.51. The van der Waals surface area contributed by atoms with Gasteiger partial charge in [0.25, 0.3) is 0 Å². The van der Waals surface area contributed by atoms with Crippen LogP contribution in [0.3, 0.4) is 0 Å². The number of hydrogen-bond donors (Lipinski definition) is 0. The van der Waals surface area contributed by atoms with E-state index in [9.17, 15) is 4.57 Å². The summed E-state index contributed by atoms with van der Waals surface area (Å²) in [5.41, 5.74) is 2.34. The van der Waals surface area contributed by atoms with Gasteiger partial charge in [0.1, 0.15) is 7.14 Å². The van der Waals surface area contributed by atoms with E-state index in [2.05, 4.69) is 50.0 Å². The van der Waals surface area contributed by atoms with Crippen molar-refractivity contribution in [2.75, 3.05) is 6.16 Å². The van der Waals surface area contributed by atoms with Crippen LogP contribution in [0.1, 0.15) is 25.1 Å². The van der Waals surface area contributed by atoms with Gasteiger partial charge in [0.15, 0.2) is 0 Å². The largest absolute Gasteiger partial charge is 0.318 e. The Balaban J connectivity index is 2.02. The molecule has 24 heavy (non-hydrogen) atoms. The molecule has 124 valence electrons. The molecule has 0 aliphatic carbocycles. The van der Waals surface area contributed by atoms with Crippen LogP contribution in [0.15, 0.2) is 60.8 Å². The highest BCUT2D eigenvalue weighted by Gasteiger charge is 2.30. The monoisotopic (exact) mass is 337 g/mol. The fourth-order valence-electron chi connectivity index (χ4n) is 3.25. The fraction of sp³-hybridized carbons (Fsp3) is 0.286. The number of rotatable bonds is 5. The summed E-state index contributed by atoms with van der Waals surface area (Å²) in [4.78, 5) is 4.48. The minimum absolute atomic E-state index is 0.118. The molecule has 1 aromatic heterocycles. The van der Waals surface area contributed by atoms with Crippen molar-refractivity contribution in [3.05, 3.63) is 72.1 Å². The molecular weight excluding hydrogens is 313 g/mol. The van der Waals surface area contributed by atoms with Crippen molar-refractivity contribution in [1.29, 1.82) is 0 Å². The second kappa shape index (κ2) is 6.91. The van der Waals surface area contributed by atoms with Gasteiger partial charge in [-0.1, -0.05) is 62.4 Å². The zero-order chi connectivity index (χ0) is 17.2. The van der Waals surface area contributed by atoms with Crippen molar-refractivity contribution in [2.24, 2.45) is 0 Å². The number of benzene rings is 2. The van der Waals surface area contributed by atoms with Crippen molar-refractivity contribution in [2.45, 2.75) is 32.9 Å². The van der Waals surface area contributed by atoms with E-state index in [4.69, 9.17) is 0 Å². The summed E-state index contributed by atoms with van der Waals surface area (Å²) in [6, 6.07) is 18.4. The Morgan fingerprint density at radius 1 is 1.00 bits per heavy atom. The molecule has 2 nitrogen and oxygen atoms in total. The lowest BCUT2D eigenvalue weighted by Gasteiger charge is -2.24. The first-order valence-corrected chi connectivity index (χ1v) is 10.5. The van der Waals surface area contributed by atoms with Crippen LogP contribution >= 0.6 is 7.14 Å². The maximum absolute atomic E-state index is 14.0. The van der Waals surface area contributed by atoms with Crippen LogP contribution in [0.5, 0.6) is 0 Å². The maximum Gasteiger partial charge on any atom is 0.119 e. The molecule has 2 aromatic carbocycles. The van der Waals surface area contributed by atoms with Crippen molar-refractivity contribution in [1.82, 2.24) is 4.98 Å². The van der Waals surface area contributed by atoms with Gasteiger partial charge in [-0.25, -0.2) is 0 Å². The van der Waals surface area contributed by atoms with Gasteiger partial charge in [-0.3, -0.25) is 4.98 Å². The zero-order valence-corrected chi connectivity index (χ0v) is 15.5. The topological polar surface area (TPSA) is 30.0 Å². The Labute approximate surface area is 144 Å². The van der Waals surface area contributed by atoms with Crippen molar-refractivity contribution >= 4 is 23.2 Å². The highest BCUT2D eigenvalue weighted by molar-refractivity contribution is 7.72. The fourth-order valence-corrected chi connectivity index (χ4v) is 6.05. The Kier molecular flexibility index (Phi) is 4.87. The molecule has 3 aromatic rings. The number of aromatic nitrogens is 1. The van der Waals surface area contributed by atoms with Gasteiger partial charge in [0.2, 0.25) is 0 Å². The normalized spacial score (nSPS) is 14.0. The molecule has 0 fully saturated rings. The molecule has 0 bridgehead atoms. The summed E-state index contributed by atoms with van der Waals surface area (Å²) in [7, 11) is -2.51. The third-order valence-corrected chi connectivity index (χ3v) is 8.57. The van der Waals surface area contributed by atoms with Crippen LogP contribution < -0.4 is 5.30 Å². The summed E-state index contributed by atoms with van der Waals surface area (Å²) in [6.07, 6.45) is 3.24. The molecule has 3 heteroatoms. The van der Waals surface area contributed by atoms with Gasteiger partial charge in [-0.05, 0) is 35.7 Å². The van der Waals surface area contributed by atoms with E-state index in [1.807, 2.05) is 36.5 Å². The average molecular weight is 337 g/mol. The van der Waals surface area contributed by atoms with E-state index in [1.165, 1.54) is 5.56 Å². The van der Waals surface area contributed by atoms with E-state index >= 15 is 0 Å². The number of pyridine rings is 1. The average Bonchev–Trinajstić information content (AvgIpc) is 2.60. The molecule has 0 aliphatic heterocycles. The van der Waals surface area contributed by atoms with E-state index in [-0.39, 0.29) is 5.66 Å². The smallest absolute Gasteiger partial charge is 0.119 e. The Morgan fingerprint density at radius 2 is 1.75 bits per heavy atom. The van der Waals surface area contributed by atoms with Crippen LogP contribution in [-0.4, -0.2) is 16.8 Å². The van der Waals surface area contributed by atoms with Crippen LogP contribution in [0.4, 0.5) is 0 Å². The summed E-state index contributed by atoms with van der Waals surface area (Å²) in [6.45, 7) is 6.22. The number of nitrogens with zero attached hydrogens (tertiary/aromatic N) is 1. The van der Waals surface area contributed by atoms with Gasteiger partial charge in [-0.15, -0.1) is 0 Å². The predicted molar refractivity (Wildman–Crippen MR) is 104 cm³/mol. The number of aryl methyl sites for hydroxylation is 2. The molecule has 1 heterocycles. The molecule has 0 aliphatic rings. The van der Waals surface area contributed by atoms with Gasteiger partial charge in [-0.2, -0.15) is 0 Å². The van der Waals surface area contributed by atoms with Crippen molar-refractivity contribution in [3.8, 4) is 0 Å². The highest BCUT2D eigenvalue weighted by atomic mass is 31.2. The quantitative estimate of drug-likeness (QED) is 0.600. The minimum Gasteiger partial charge on any atom is -0.318 e. The highest BCUT2D eigenvalue weighted by Crippen LogP contribution is 2.51. The molecular formula is C21H24NOP. The molecule has 0 saturated carbocycles. The molecule has 1 atom stereocenters. The van der Waals surface area contributed by atoms with Gasteiger partial charge < -0.3 is 4.57 Å². The molecule has 3 rings (SSSR count). The first kappa shape index (κ1) is 16.9.